The summed E-state index contributed by atoms with van der Waals surface area (Å²) in [6.07, 6.45) is 1.62. The number of alkyl halides is 3. The molecule has 5 nitrogen and oxygen atoms in total. The van der Waals surface area contributed by atoms with Gasteiger partial charge in [-0.15, -0.1) is 0 Å². The van der Waals surface area contributed by atoms with E-state index in [4.69, 9.17) is 0 Å². The molecule has 0 radical (unpaired) electrons. The largest absolute Gasteiger partial charge is 0.418 e. The first-order chi connectivity index (χ1) is 12.9. The summed E-state index contributed by atoms with van der Waals surface area (Å²) >= 11 is 0. The smallest absolute Gasteiger partial charge is 0.351 e. The van der Waals surface area contributed by atoms with Crippen molar-refractivity contribution in [2.75, 3.05) is 5.32 Å². The average molecular weight is 375 g/mol. The molecule has 0 saturated heterocycles. The molecule has 1 fully saturated rings. The lowest BCUT2D eigenvalue weighted by atomic mass is 9.87. The lowest BCUT2D eigenvalue weighted by molar-refractivity contribution is -0.136. The minimum absolute atomic E-state index is 0.102. The molecular weight excluding hydrogens is 355 g/mol. The van der Waals surface area contributed by atoms with E-state index in [0.717, 1.165) is 24.8 Å². The molecule has 0 amide bonds. The van der Waals surface area contributed by atoms with Crippen LogP contribution in [0.15, 0.2) is 30.5 Å². The number of benzene rings is 1. The molecular formula is C19H20F3N5. The van der Waals surface area contributed by atoms with Gasteiger partial charge < -0.3 is 5.32 Å². The number of para-hydroxylation sites is 1. The highest BCUT2D eigenvalue weighted by Crippen LogP contribution is 2.36. The van der Waals surface area contributed by atoms with Crippen molar-refractivity contribution in [2.24, 2.45) is 5.92 Å². The summed E-state index contributed by atoms with van der Waals surface area (Å²) in [5.74, 6) is 1.23. The summed E-state index contributed by atoms with van der Waals surface area (Å²) < 4.78 is 39.6. The van der Waals surface area contributed by atoms with Crippen LogP contribution in [0.1, 0.15) is 38.2 Å². The Labute approximate surface area is 154 Å². The number of nitrogens with zero attached hydrogens (tertiary/aromatic N) is 3. The van der Waals surface area contributed by atoms with Gasteiger partial charge in [0.25, 0.3) is 0 Å². The van der Waals surface area contributed by atoms with Gasteiger partial charge in [0.05, 0.1) is 17.0 Å². The van der Waals surface area contributed by atoms with Gasteiger partial charge in [0, 0.05) is 17.6 Å². The molecule has 1 aromatic carbocycles. The van der Waals surface area contributed by atoms with Crippen molar-refractivity contribution in [1.29, 1.82) is 0 Å². The number of rotatable bonds is 3. The molecule has 3 aromatic rings. The second-order valence-electron chi connectivity index (χ2n) is 7.16. The van der Waals surface area contributed by atoms with E-state index in [1.54, 1.807) is 18.3 Å². The molecule has 142 valence electrons. The van der Waals surface area contributed by atoms with Crippen LogP contribution in [0, 0.1) is 5.92 Å². The van der Waals surface area contributed by atoms with E-state index in [-0.39, 0.29) is 5.52 Å². The van der Waals surface area contributed by atoms with Crippen LogP contribution in [-0.4, -0.2) is 26.2 Å². The molecule has 1 aliphatic carbocycles. The number of hydrogen-bond acceptors (Lipinski definition) is 4. The Hall–Kier alpha value is -2.64. The number of nitrogens with one attached hydrogen (secondary N) is 2. The molecule has 8 heteroatoms. The van der Waals surface area contributed by atoms with Crippen LogP contribution in [-0.2, 0) is 6.18 Å². The zero-order valence-corrected chi connectivity index (χ0v) is 14.8. The number of H-pyrrole nitrogens is 1. The van der Waals surface area contributed by atoms with Gasteiger partial charge in [0.15, 0.2) is 0 Å². The van der Waals surface area contributed by atoms with Crippen molar-refractivity contribution in [3.05, 3.63) is 36.0 Å². The fourth-order valence-electron chi connectivity index (χ4n) is 3.62. The Morgan fingerprint density at radius 1 is 1.11 bits per heavy atom. The monoisotopic (exact) mass is 375 g/mol. The van der Waals surface area contributed by atoms with Crippen molar-refractivity contribution >= 4 is 16.9 Å². The Kier molecular flexibility index (Phi) is 4.49. The Balaban J connectivity index is 1.64. The first-order valence-electron chi connectivity index (χ1n) is 9.06. The molecule has 0 unspecified atom stereocenters. The number of aromatic nitrogens is 4. The summed E-state index contributed by atoms with van der Waals surface area (Å²) in [5, 5.41) is 10.3. The van der Waals surface area contributed by atoms with E-state index >= 15 is 0 Å². The van der Waals surface area contributed by atoms with E-state index in [2.05, 4.69) is 32.4 Å². The van der Waals surface area contributed by atoms with E-state index < -0.39 is 11.7 Å². The van der Waals surface area contributed by atoms with Crippen molar-refractivity contribution in [3.63, 3.8) is 0 Å². The van der Waals surface area contributed by atoms with Gasteiger partial charge >= 0.3 is 6.18 Å². The zero-order valence-electron chi connectivity index (χ0n) is 14.8. The van der Waals surface area contributed by atoms with Crippen molar-refractivity contribution in [3.8, 4) is 11.4 Å². The highest BCUT2D eigenvalue weighted by Gasteiger charge is 2.34. The number of hydrogen-bond donors (Lipinski definition) is 2. The van der Waals surface area contributed by atoms with Crippen LogP contribution < -0.4 is 5.32 Å². The predicted octanol–water partition coefficient (Wildman–Crippen LogP) is 5.03. The van der Waals surface area contributed by atoms with Crippen LogP contribution in [0.5, 0.6) is 0 Å². The Morgan fingerprint density at radius 3 is 2.63 bits per heavy atom. The van der Waals surface area contributed by atoms with Gasteiger partial charge in [-0.25, -0.2) is 9.97 Å². The standard InChI is InChI=1S/C19H20F3N5/c1-11-5-7-12(8-6-11)24-18-23-10-9-15(25-18)17-13-3-2-4-14(19(20,21)22)16(13)26-27-17/h2-4,9-12H,5-8H2,1H3,(H,26,27)(H,23,24,25). The summed E-state index contributed by atoms with van der Waals surface area (Å²) in [5.41, 5.74) is 0.109. The quantitative estimate of drug-likeness (QED) is 0.674. The van der Waals surface area contributed by atoms with Crippen LogP contribution in [0.4, 0.5) is 19.1 Å². The maximum atomic E-state index is 13.2. The minimum atomic E-state index is -4.46. The summed E-state index contributed by atoms with van der Waals surface area (Å²) in [4.78, 5) is 8.76. The molecule has 2 N–H and O–H groups in total. The molecule has 0 aliphatic heterocycles. The first kappa shape index (κ1) is 17.8. The number of aromatic amines is 1. The molecule has 2 heterocycles. The third-order valence-electron chi connectivity index (χ3n) is 5.15. The highest BCUT2D eigenvalue weighted by molar-refractivity contribution is 5.94. The second kappa shape index (κ2) is 6.83. The van der Waals surface area contributed by atoms with E-state index in [9.17, 15) is 13.2 Å². The molecule has 2 aromatic heterocycles. The molecule has 4 rings (SSSR count). The van der Waals surface area contributed by atoms with E-state index in [0.29, 0.717) is 28.8 Å². The highest BCUT2D eigenvalue weighted by atomic mass is 19.4. The predicted molar refractivity (Wildman–Crippen MR) is 97.2 cm³/mol. The zero-order chi connectivity index (χ0) is 19.0. The van der Waals surface area contributed by atoms with E-state index in [1.165, 1.54) is 18.9 Å². The van der Waals surface area contributed by atoms with Gasteiger partial charge in [0.2, 0.25) is 5.95 Å². The lowest BCUT2D eigenvalue weighted by Crippen LogP contribution is -2.26. The van der Waals surface area contributed by atoms with Gasteiger partial charge in [-0.2, -0.15) is 18.3 Å². The van der Waals surface area contributed by atoms with Crippen LogP contribution in [0.2, 0.25) is 0 Å². The normalized spacial score (nSPS) is 20.7. The summed E-state index contributed by atoms with van der Waals surface area (Å²) in [6.45, 7) is 2.26. The summed E-state index contributed by atoms with van der Waals surface area (Å²) in [7, 11) is 0. The second-order valence-corrected chi connectivity index (χ2v) is 7.16. The maximum absolute atomic E-state index is 13.2. The molecule has 0 atom stereocenters. The number of halogens is 3. The fourth-order valence-corrected chi connectivity index (χ4v) is 3.62. The maximum Gasteiger partial charge on any atom is 0.418 e. The third kappa shape index (κ3) is 3.61. The minimum Gasteiger partial charge on any atom is -0.351 e. The first-order valence-corrected chi connectivity index (χ1v) is 9.06. The van der Waals surface area contributed by atoms with Crippen molar-refractivity contribution < 1.29 is 13.2 Å². The fraction of sp³-hybridized carbons (Fsp3) is 0.421. The molecule has 1 saturated carbocycles. The van der Waals surface area contributed by atoms with Crippen molar-refractivity contribution in [2.45, 2.75) is 44.8 Å². The lowest BCUT2D eigenvalue weighted by Gasteiger charge is -2.26. The molecule has 0 bridgehead atoms. The number of fused-ring (bicyclic) bond motifs is 1. The summed E-state index contributed by atoms with van der Waals surface area (Å²) in [6, 6.07) is 6.02. The van der Waals surface area contributed by atoms with Gasteiger partial charge in [-0.05, 0) is 43.7 Å². The van der Waals surface area contributed by atoms with Crippen LogP contribution >= 0.6 is 0 Å². The van der Waals surface area contributed by atoms with Crippen LogP contribution in [0.25, 0.3) is 22.3 Å². The SMILES string of the molecule is CC1CCC(Nc2nccc(-c3[nH]nc4c(C(F)(F)F)cccc34)n2)CC1. The molecule has 27 heavy (non-hydrogen) atoms. The van der Waals surface area contributed by atoms with Gasteiger partial charge in [0.1, 0.15) is 5.52 Å². The number of anilines is 1. The Morgan fingerprint density at radius 2 is 1.89 bits per heavy atom. The molecule has 1 aliphatic rings. The third-order valence-corrected chi connectivity index (χ3v) is 5.15. The van der Waals surface area contributed by atoms with Crippen LogP contribution in [0.3, 0.4) is 0 Å². The van der Waals surface area contributed by atoms with E-state index in [1.807, 2.05) is 0 Å². The average Bonchev–Trinajstić information content (AvgIpc) is 3.07. The van der Waals surface area contributed by atoms with Gasteiger partial charge in [-0.1, -0.05) is 19.1 Å². The Bertz CT molecular complexity index is 942. The molecule has 0 spiro atoms. The van der Waals surface area contributed by atoms with Crippen molar-refractivity contribution in [1.82, 2.24) is 20.2 Å². The topological polar surface area (TPSA) is 66.5 Å². The van der Waals surface area contributed by atoms with Gasteiger partial charge in [-0.3, -0.25) is 5.10 Å².